The first kappa shape index (κ1) is 13.0. The van der Waals surface area contributed by atoms with E-state index in [4.69, 9.17) is 0 Å². The van der Waals surface area contributed by atoms with Gasteiger partial charge in [0.05, 0.1) is 0 Å². The van der Waals surface area contributed by atoms with Crippen molar-refractivity contribution in [3.63, 3.8) is 0 Å². The fourth-order valence-electron chi connectivity index (χ4n) is 2.13. The van der Waals surface area contributed by atoms with Gasteiger partial charge in [0, 0.05) is 0 Å². The molecule has 0 aromatic heterocycles. The Bertz CT molecular complexity index is 147. The zero-order chi connectivity index (χ0) is 11.1. The predicted molar refractivity (Wildman–Crippen MR) is 67.2 cm³/mol. The topological polar surface area (TPSA) is 15.3 Å². The van der Waals surface area contributed by atoms with Crippen LogP contribution >= 0.6 is 0 Å². The molecule has 1 fully saturated rings. The zero-order valence-electron chi connectivity index (χ0n) is 10.8. The van der Waals surface area contributed by atoms with Crippen LogP contribution < -0.4 is 5.32 Å². The smallest absolute Gasteiger partial charge is 0.000687 e. The normalized spacial score (nSPS) is 18.4. The average molecular weight is 212 g/mol. The molecular formula is C13H28N2. The van der Waals surface area contributed by atoms with E-state index >= 15 is 0 Å². The molecule has 0 aromatic rings. The van der Waals surface area contributed by atoms with Crippen molar-refractivity contribution in [1.29, 1.82) is 0 Å². The Morgan fingerprint density at radius 2 is 1.93 bits per heavy atom. The molecule has 2 nitrogen and oxygen atoms in total. The predicted octanol–water partition coefficient (Wildman–Crippen LogP) is 2.35. The highest BCUT2D eigenvalue weighted by Crippen LogP contribution is 2.35. The van der Waals surface area contributed by atoms with Crippen LogP contribution in [0.25, 0.3) is 0 Å². The Hall–Kier alpha value is -0.0800. The lowest BCUT2D eigenvalue weighted by Crippen LogP contribution is -2.29. The van der Waals surface area contributed by atoms with Crippen LogP contribution in [0.15, 0.2) is 0 Å². The summed E-state index contributed by atoms with van der Waals surface area (Å²) in [5, 5.41) is 3.58. The lowest BCUT2D eigenvalue weighted by Gasteiger charge is -2.18. The molecule has 0 heterocycles. The maximum absolute atomic E-state index is 3.58. The molecule has 0 aliphatic heterocycles. The summed E-state index contributed by atoms with van der Waals surface area (Å²) in [6.07, 6.45) is 4.24. The van der Waals surface area contributed by atoms with Gasteiger partial charge in [0.2, 0.25) is 0 Å². The minimum Gasteiger partial charge on any atom is -0.316 e. The summed E-state index contributed by atoms with van der Waals surface area (Å²) in [6.45, 7) is 12.9. The van der Waals surface area contributed by atoms with Crippen LogP contribution in [-0.2, 0) is 0 Å². The molecule has 0 spiro atoms. The highest BCUT2D eigenvalue weighted by atomic mass is 15.1. The summed E-state index contributed by atoms with van der Waals surface area (Å²) in [4.78, 5) is 2.49. The van der Waals surface area contributed by atoms with Crippen LogP contribution in [0.5, 0.6) is 0 Å². The van der Waals surface area contributed by atoms with E-state index < -0.39 is 0 Å². The highest BCUT2D eigenvalue weighted by molar-refractivity contribution is 4.79. The van der Waals surface area contributed by atoms with Gasteiger partial charge in [-0.2, -0.15) is 0 Å². The Kier molecular flexibility index (Phi) is 6.26. The Balaban J connectivity index is 1.87. The number of rotatable bonds is 9. The van der Waals surface area contributed by atoms with Gasteiger partial charge >= 0.3 is 0 Å². The molecule has 1 rings (SSSR count). The van der Waals surface area contributed by atoms with Gasteiger partial charge in [-0.3, -0.25) is 0 Å². The summed E-state index contributed by atoms with van der Waals surface area (Å²) in [5.41, 5.74) is 0. The highest BCUT2D eigenvalue weighted by Gasteiger charge is 2.27. The molecule has 0 radical (unpaired) electrons. The molecule has 1 aliphatic carbocycles. The number of nitrogens with one attached hydrogen (secondary N) is 1. The second-order valence-electron chi connectivity index (χ2n) is 4.90. The number of nitrogens with zero attached hydrogens (tertiary/aromatic N) is 1. The number of hydrogen-bond acceptors (Lipinski definition) is 2. The first-order valence-electron chi connectivity index (χ1n) is 6.71. The molecule has 1 unspecified atom stereocenters. The standard InChI is InChI=1S/C13H28N2/c1-4-15(5-2)10-6-9-14-11-12(3)13-7-8-13/h12-14H,4-11H2,1-3H3. The van der Waals surface area contributed by atoms with Crippen molar-refractivity contribution in [2.24, 2.45) is 11.8 Å². The Labute approximate surface area is 95.4 Å². The van der Waals surface area contributed by atoms with E-state index in [2.05, 4.69) is 31.0 Å². The van der Waals surface area contributed by atoms with Gasteiger partial charge in [0.25, 0.3) is 0 Å². The summed E-state index contributed by atoms with van der Waals surface area (Å²) >= 11 is 0. The Morgan fingerprint density at radius 1 is 1.27 bits per heavy atom. The van der Waals surface area contributed by atoms with Crippen molar-refractivity contribution < 1.29 is 0 Å². The van der Waals surface area contributed by atoms with Gasteiger partial charge < -0.3 is 10.2 Å². The van der Waals surface area contributed by atoms with E-state index in [1.165, 1.54) is 52.0 Å². The minimum atomic E-state index is 0.901. The van der Waals surface area contributed by atoms with E-state index in [0.29, 0.717) is 0 Å². The molecule has 0 amide bonds. The lowest BCUT2D eigenvalue weighted by molar-refractivity contribution is 0.296. The monoisotopic (exact) mass is 212 g/mol. The van der Waals surface area contributed by atoms with Gasteiger partial charge in [-0.15, -0.1) is 0 Å². The van der Waals surface area contributed by atoms with E-state index in [1.807, 2.05) is 0 Å². The third kappa shape index (κ3) is 5.53. The first-order chi connectivity index (χ1) is 7.27. The van der Waals surface area contributed by atoms with Crippen LogP contribution in [0.1, 0.15) is 40.0 Å². The van der Waals surface area contributed by atoms with E-state index in [9.17, 15) is 0 Å². The third-order valence-electron chi connectivity index (χ3n) is 3.62. The maximum Gasteiger partial charge on any atom is -0.000687 e. The molecule has 2 heteroatoms. The zero-order valence-corrected chi connectivity index (χ0v) is 10.8. The van der Waals surface area contributed by atoms with E-state index in [-0.39, 0.29) is 0 Å². The molecule has 1 aliphatic rings. The van der Waals surface area contributed by atoms with Crippen LogP contribution in [-0.4, -0.2) is 37.6 Å². The summed E-state index contributed by atoms with van der Waals surface area (Å²) in [5.74, 6) is 1.94. The largest absolute Gasteiger partial charge is 0.316 e. The summed E-state index contributed by atoms with van der Waals surface area (Å²) < 4.78 is 0. The van der Waals surface area contributed by atoms with Crippen LogP contribution in [0.2, 0.25) is 0 Å². The van der Waals surface area contributed by atoms with Gasteiger partial charge in [-0.05, 0) is 63.8 Å². The van der Waals surface area contributed by atoms with Crippen LogP contribution in [0.4, 0.5) is 0 Å². The van der Waals surface area contributed by atoms with E-state index in [1.54, 1.807) is 0 Å². The SMILES string of the molecule is CCN(CC)CCCNCC(C)C1CC1. The quantitative estimate of drug-likeness (QED) is 0.590. The van der Waals surface area contributed by atoms with Crippen molar-refractivity contribution in [3.8, 4) is 0 Å². The molecule has 15 heavy (non-hydrogen) atoms. The van der Waals surface area contributed by atoms with Gasteiger partial charge in [-0.1, -0.05) is 20.8 Å². The molecule has 1 saturated carbocycles. The average Bonchev–Trinajstić information content (AvgIpc) is 3.06. The molecule has 90 valence electrons. The second kappa shape index (κ2) is 7.24. The first-order valence-corrected chi connectivity index (χ1v) is 6.71. The van der Waals surface area contributed by atoms with Crippen LogP contribution in [0.3, 0.4) is 0 Å². The van der Waals surface area contributed by atoms with Gasteiger partial charge in [-0.25, -0.2) is 0 Å². The fraction of sp³-hybridized carbons (Fsp3) is 1.00. The van der Waals surface area contributed by atoms with Gasteiger partial charge in [0.1, 0.15) is 0 Å². The summed E-state index contributed by atoms with van der Waals surface area (Å²) in [6, 6.07) is 0. The second-order valence-corrected chi connectivity index (χ2v) is 4.90. The number of hydrogen-bond donors (Lipinski definition) is 1. The van der Waals surface area contributed by atoms with Crippen LogP contribution in [0, 0.1) is 11.8 Å². The van der Waals surface area contributed by atoms with Crippen molar-refractivity contribution in [2.75, 3.05) is 32.7 Å². The van der Waals surface area contributed by atoms with E-state index in [0.717, 1.165) is 11.8 Å². The molecule has 0 saturated heterocycles. The van der Waals surface area contributed by atoms with Crippen molar-refractivity contribution in [1.82, 2.24) is 10.2 Å². The molecular weight excluding hydrogens is 184 g/mol. The van der Waals surface area contributed by atoms with Crippen molar-refractivity contribution >= 4 is 0 Å². The molecule has 1 N–H and O–H groups in total. The third-order valence-corrected chi connectivity index (χ3v) is 3.62. The van der Waals surface area contributed by atoms with Crippen molar-refractivity contribution in [3.05, 3.63) is 0 Å². The Morgan fingerprint density at radius 3 is 2.47 bits per heavy atom. The lowest BCUT2D eigenvalue weighted by atomic mass is 10.1. The minimum absolute atomic E-state index is 0.901. The molecule has 0 bridgehead atoms. The van der Waals surface area contributed by atoms with Crippen molar-refractivity contribution in [2.45, 2.75) is 40.0 Å². The molecule has 0 aromatic carbocycles. The van der Waals surface area contributed by atoms with Gasteiger partial charge in [0.15, 0.2) is 0 Å². The fourth-order valence-corrected chi connectivity index (χ4v) is 2.13. The molecule has 1 atom stereocenters. The summed E-state index contributed by atoms with van der Waals surface area (Å²) in [7, 11) is 0. The maximum atomic E-state index is 3.58.